The lowest BCUT2D eigenvalue weighted by molar-refractivity contribution is 0.594. The Morgan fingerprint density at radius 2 is 2.00 bits per heavy atom. The number of rotatable bonds is 5. The molecule has 0 saturated heterocycles. The highest BCUT2D eigenvalue weighted by Crippen LogP contribution is 2.06. The summed E-state index contributed by atoms with van der Waals surface area (Å²) in [6, 6.07) is 0. The Labute approximate surface area is 84.8 Å². The molecule has 0 aromatic rings. The van der Waals surface area contributed by atoms with Gasteiger partial charge in [0.2, 0.25) is 0 Å². The monoisotopic (exact) mass is 214 g/mol. The molecule has 5 heteroatoms. The second-order valence-corrected chi connectivity index (χ2v) is 4.24. The van der Waals surface area contributed by atoms with Crippen LogP contribution in [0.4, 0.5) is 0 Å². The van der Waals surface area contributed by atoms with E-state index in [2.05, 4.69) is 22.9 Å². The molecular formula is C9H14N2O2S. The molecule has 0 aromatic heterocycles. The maximum absolute atomic E-state index is 11.4. The zero-order chi connectivity index (χ0) is 11.2. The first kappa shape index (κ1) is 12.8. The average molecular weight is 214 g/mol. The number of aliphatic imine (C=N–C) groups is 1. The number of hydrogen-bond donors (Lipinski definition) is 1. The van der Waals surface area contributed by atoms with E-state index in [1.165, 1.54) is 25.3 Å². The molecule has 0 fully saturated rings. The summed E-state index contributed by atoms with van der Waals surface area (Å²) in [4.78, 5) is 3.87. The molecule has 0 unspecified atom stereocenters. The standard InChI is InChI=1S/C9H14N2O2S/c1-5-7-9(11-8(3)6-2)14(12,13)10-4/h5-7,10H,1-2H2,3-4H3/b9-7+,11-8?. The van der Waals surface area contributed by atoms with E-state index in [-0.39, 0.29) is 5.03 Å². The lowest BCUT2D eigenvalue weighted by Crippen LogP contribution is -2.20. The predicted molar refractivity (Wildman–Crippen MR) is 59.6 cm³/mol. The third-order valence-electron chi connectivity index (χ3n) is 1.39. The van der Waals surface area contributed by atoms with E-state index in [1.54, 1.807) is 6.92 Å². The number of allylic oxidation sites excluding steroid dienone is 3. The molecule has 0 aliphatic carbocycles. The molecule has 0 heterocycles. The smallest absolute Gasteiger partial charge is 0.240 e. The summed E-state index contributed by atoms with van der Waals surface area (Å²) < 4.78 is 24.9. The molecule has 0 spiro atoms. The Kier molecular flexibility index (Phi) is 5.04. The first-order chi connectivity index (χ1) is 6.47. The van der Waals surface area contributed by atoms with Gasteiger partial charge in [-0.1, -0.05) is 19.2 Å². The van der Waals surface area contributed by atoms with Crippen molar-refractivity contribution < 1.29 is 8.42 Å². The highest BCUT2D eigenvalue weighted by atomic mass is 32.2. The highest BCUT2D eigenvalue weighted by Gasteiger charge is 2.12. The molecule has 0 rings (SSSR count). The Bertz CT molecular complexity index is 378. The Hall–Kier alpha value is -1.20. The second-order valence-electron chi connectivity index (χ2n) is 2.41. The molecule has 0 saturated carbocycles. The van der Waals surface area contributed by atoms with Crippen LogP contribution in [-0.2, 0) is 10.0 Å². The van der Waals surface area contributed by atoms with Crippen molar-refractivity contribution in [3.05, 3.63) is 36.4 Å². The fraction of sp³-hybridized carbons (Fsp3) is 0.222. The van der Waals surface area contributed by atoms with E-state index < -0.39 is 10.0 Å². The summed E-state index contributed by atoms with van der Waals surface area (Å²) in [6.45, 7) is 8.56. The molecule has 0 aliphatic heterocycles. The summed E-state index contributed by atoms with van der Waals surface area (Å²) in [5, 5.41) is -0.0765. The van der Waals surface area contributed by atoms with Crippen LogP contribution in [0.5, 0.6) is 0 Å². The largest absolute Gasteiger partial charge is 0.257 e. The lowest BCUT2D eigenvalue weighted by atomic mass is 10.4. The van der Waals surface area contributed by atoms with Crippen LogP contribution in [0.1, 0.15) is 6.92 Å². The summed E-state index contributed by atoms with van der Waals surface area (Å²) in [5.41, 5.74) is 0.525. The minimum absolute atomic E-state index is 0.0765. The molecule has 0 amide bonds. The van der Waals surface area contributed by atoms with E-state index >= 15 is 0 Å². The van der Waals surface area contributed by atoms with E-state index in [0.717, 1.165) is 0 Å². The van der Waals surface area contributed by atoms with Crippen molar-refractivity contribution in [2.45, 2.75) is 6.92 Å². The van der Waals surface area contributed by atoms with E-state index in [0.29, 0.717) is 5.71 Å². The number of hydrogen-bond acceptors (Lipinski definition) is 3. The van der Waals surface area contributed by atoms with Crippen LogP contribution in [-0.4, -0.2) is 21.2 Å². The van der Waals surface area contributed by atoms with Crippen molar-refractivity contribution in [1.29, 1.82) is 0 Å². The molecule has 1 N–H and O–H groups in total. The third kappa shape index (κ3) is 3.68. The van der Waals surface area contributed by atoms with Crippen LogP contribution in [0.3, 0.4) is 0 Å². The molecule has 14 heavy (non-hydrogen) atoms. The minimum atomic E-state index is -3.52. The van der Waals surface area contributed by atoms with Crippen LogP contribution in [0, 0.1) is 0 Å². The molecule has 4 nitrogen and oxygen atoms in total. The van der Waals surface area contributed by atoms with Crippen LogP contribution >= 0.6 is 0 Å². The summed E-state index contributed by atoms with van der Waals surface area (Å²) >= 11 is 0. The number of nitrogens with zero attached hydrogens (tertiary/aromatic N) is 1. The fourth-order valence-electron chi connectivity index (χ4n) is 0.612. The Morgan fingerprint density at radius 1 is 1.43 bits per heavy atom. The number of nitrogens with one attached hydrogen (secondary N) is 1. The summed E-state index contributed by atoms with van der Waals surface area (Å²) in [7, 11) is -2.20. The van der Waals surface area contributed by atoms with Gasteiger partial charge in [0.1, 0.15) is 0 Å². The van der Waals surface area contributed by atoms with Gasteiger partial charge >= 0.3 is 0 Å². The molecule has 0 aliphatic rings. The highest BCUT2D eigenvalue weighted by molar-refractivity contribution is 7.93. The first-order valence-corrected chi connectivity index (χ1v) is 5.40. The van der Waals surface area contributed by atoms with Gasteiger partial charge in [-0.3, -0.25) is 0 Å². The molecule has 0 aromatic carbocycles. The van der Waals surface area contributed by atoms with E-state index in [1.807, 2.05) is 0 Å². The van der Waals surface area contributed by atoms with Crippen molar-refractivity contribution >= 4 is 15.7 Å². The molecule has 0 atom stereocenters. The van der Waals surface area contributed by atoms with Gasteiger partial charge in [-0.05, 0) is 26.1 Å². The first-order valence-electron chi connectivity index (χ1n) is 3.92. The van der Waals surface area contributed by atoms with Crippen molar-refractivity contribution in [3.63, 3.8) is 0 Å². The lowest BCUT2D eigenvalue weighted by Gasteiger charge is -2.02. The minimum Gasteiger partial charge on any atom is -0.240 e. The van der Waals surface area contributed by atoms with Gasteiger partial charge in [-0.15, -0.1) is 0 Å². The average Bonchev–Trinajstić information content (AvgIpc) is 2.17. The topological polar surface area (TPSA) is 58.5 Å². The Balaban J connectivity index is 5.30. The van der Waals surface area contributed by atoms with Gasteiger partial charge in [-0.2, -0.15) is 0 Å². The van der Waals surface area contributed by atoms with Crippen molar-refractivity contribution in [3.8, 4) is 0 Å². The van der Waals surface area contributed by atoms with Crippen LogP contribution in [0.15, 0.2) is 41.4 Å². The summed E-state index contributed by atoms with van der Waals surface area (Å²) in [5.74, 6) is 0. The zero-order valence-corrected chi connectivity index (χ0v) is 9.13. The van der Waals surface area contributed by atoms with E-state index in [4.69, 9.17) is 0 Å². The maximum atomic E-state index is 11.4. The van der Waals surface area contributed by atoms with Crippen LogP contribution in [0.2, 0.25) is 0 Å². The zero-order valence-electron chi connectivity index (χ0n) is 8.32. The normalized spacial score (nSPS) is 13.9. The third-order valence-corrected chi connectivity index (χ3v) is 2.70. The Morgan fingerprint density at radius 3 is 2.36 bits per heavy atom. The molecule has 78 valence electrons. The molecule has 0 bridgehead atoms. The van der Waals surface area contributed by atoms with Gasteiger partial charge in [0.25, 0.3) is 10.0 Å². The van der Waals surface area contributed by atoms with Gasteiger partial charge in [-0.25, -0.2) is 18.1 Å². The van der Waals surface area contributed by atoms with Crippen molar-refractivity contribution in [2.75, 3.05) is 7.05 Å². The van der Waals surface area contributed by atoms with Gasteiger partial charge in [0.05, 0.1) is 0 Å². The molecular weight excluding hydrogens is 200 g/mol. The van der Waals surface area contributed by atoms with Crippen LogP contribution < -0.4 is 4.72 Å². The predicted octanol–water partition coefficient (Wildman–Crippen LogP) is 1.21. The van der Waals surface area contributed by atoms with Gasteiger partial charge < -0.3 is 0 Å². The quantitative estimate of drug-likeness (QED) is 0.552. The van der Waals surface area contributed by atoms with E-state index in [9.17, 15) is 8.42 Å². The van der Waals surface area contributed by atoms with Crippen molar-refractivity contribution in [1.82, 2.24) is 4.72 Å². The summed E-state index contributed by atoms with van der Waals surface area (Å²) in [6.07, 6.45) is 4.16. The van der Waals surface area contributed by atoms with Gasteiger partial charge in [0, 0.05) is 5.71 Å². The second kappa shape index (κ2) is 5.51. The van der Waals surface area contributed by atoms with Gasteiger partial charge in [0.15, 0.2) is 5.03 Å². The molecule has 0 radical (unpaired) electrons. The van der Waals surface area contributed by atoms with Crippen molar-refractivity contribution in [2.24, 2.45) is 4.99 Å². The maximum Gasteiger partial charge on any atom is 0.257 e. The number of sulfonamides is 1. The fourth-order valence-corrected chi connectivity index (χ4v) is 1.36. The SMILES string of the molecule is C=C/C=C(\N=C(C)C=C)S(=O)(=O)NC. The van der Waals surface area contributed by atoms with Crippen LogP contribution in [0.25, 0.3) is 0 Å².